The molecule has 4 aromatic rings. The van der Waals surface area contributed by atoms with Gasteiger partial charge in [-0.1, -0.05) is 0 Å². The standard InChI is InChI=1S/C15H8F2N4/c16-13-4-2-9(14(17)21-13)11-3-1-8-10-7-18-6-5-12(10)20-15(8)19-11/h1-7H,(H,19,20)/i16+0,17+0. The summed E-state index contributed by atoms with van der Waals surface area (Å²) < 4.78 is 26.6. The minimum atomic E-state index is -0.875. The summed E-state index contributed by atoms with van der Waals surface area (Å²) in [5.41, 5.74) is 2.09. The van der Waals surface area contributed by atoms with Gasteiger partial charge in [0.2, 0.25) is 11.9 Å². The van der Waals surface area contributed by atoms with E-state index >= 15 is 0 Å². The van der Waals surface area contributed by atoms with Gasteiger partial charge in [-0.3, -0.25) is 4.98 Å². The Kier molecular flexibility index (Phi) is 2.44. The number of aromatic amines is 1. The zero-order chi connectivity index (χ0) is 14.4. The zero-order valence-electron chi connectivity index (χ0n) is 10.6. The fourth-order valence-electron chi connectivity index (χ4n) is 2.37. The maximum atomic E-state index is 13.7. The lowest BCUT2D eigenvalue weighted by atomic mass is 10.1. The normalized spacial score (nSPS) is 11.3. The average Bonchev–Trinajstić information content (AvgIpc) is 2.84. The summed E-state index contributed by atoms with van der Waals surface area (Å²) in [6.07, 6.45) is 3.43. The Bertz CT molecular complexity index is 978. The molecule has 0 bridgehead atoms. The van der Waals surface area contributed by atoms with E-state index in [4.69, 9.17) is 0 Å². The van der Waals surface area contributed by atoms with Crippen molar-refractivity contribution < 1.29 is 8.78 Å². The van der Waals surface area contributed by atoms with E-state index in [-0.39, 0.29) is 5.56 Å². The largest absolute Gasteiger partial charge is 0.339 e. The highest BCUT2D eigenvalue weighted by Gasteiger charge is 2.11. The number of rotatable bonds is 1. The van der Waals surface area contributed by atoms with E-state index < -0.39 is 11.9 Å². The van der Waals surface area contributed by atoms with Gasteiger partial charge in [-0.2, -0.15) is 13.8 Å². The van der Waals surface area contributed by atoms with E-state index in [1.165, 1.54) is 6.07 Å². The molecular weight excluding hydrogens is 274 g/mol. The van der Waals surface area contributed by atoms with Gasteiger partial charge in [0.25, 0.3) is 0 Å². The Hall–Kier alpha value is -2.89. The first-order chi connectivity index (χ1) is 10.2. The van der Waals surface area contributed by atoms with E-state index in [0.29, 0.717) is 11.3 Å². The van der Waals surface area contributed by atoms with Gasteiger partial charge in [-0.15, -0.1) is 0 Å². The van der Waals surface area contributed by atoms with Gasteiger partial charge < -0.3 is 4.98 Å². The molecule has 0 spiro atoms. The molecule has 4 heterocycles. The molecule has 6 heteroatoms. The molecule has 4 nitrogen and oxygen atoms in total. The fraction of sp³-hybridized carbons (Fsp3) is 0. The molecule has 0 fully saturated rings. The maximum Gasteiger partial charge on any atom is 0.224 e. The van der Waals surface area contributed by atoms with Crippen LogP contribution in [-0.2, 0) is 0 Å². The lowest BCUT2D eigenvalue weighted by Crippen LogP contribution is -1.94. The lowest BCUT2D eigenvalue weighted by Gasteiger charge is -2.02. The number of nitrogens with zero attached hydrogens (tertiary/aromatic N) is 3. The van der Waals surface area contributed by atoms with Gasteiger partial charge >= 0.3 is 0 Å². The van der Waals surface area contributed by atoms with Crippen LogP contribution in [0.25, 0.3) is 33.2 Å². The van der Waals surface area contributed by atoms with Crippen LogP contribution in [0, 0.1) is 11.9 Å². The minimum Gasteiger partial charge on any atom is -0.339 e. The van der Waals surface area contributed by atoms with Crippen molar-refractivity contribution in [2.45, 2.75) is 0 Å². The van der Waals surface area contributed by atoms with Crippen molar-refractivity contribution in [2.75, 3.05) is 0 Å². The van der Waals surface area contributed by atoms with Gasteiger partial charge in [0, 0.05) is 23.2 Å². The number of aromatic nitrogens is 4. The van der Waals surface area contributed by atoms with E-state index in [2.05, 4.69) is 19.9 Å². The van der Waals surface area contributed by atoms with Gasteiger partial charge in [-0.25, -0.2) is 4.98 Å². The molecule has 0 saturated carbocycles. The zero-order valence-corrected chi connectivity index (χ0v) is 10.6. The van der Waals surface area contributed by atoms with Crippen LogP contribution in [0.2, 0.25) is 0 Å². The molecule has 4 rings (SSSR count). The quantitative estimate of drug-likeness (QED) is 0.544. The summed E-state index contributed by atoms with van der Waals surface area (Å²) in [5, 5.41) is 1.85. The summed E-state index contributed by atoms with van der Waals surface area (Å²) in [5.74, 6) is -1.73. The first-order valence-electron chi connectivity index (χ1n) is 6.27. The molecule has 4 aromatic heterocycles. The summed E-state index contributed by atoms with van der Waals surface area (Å²) in [6, 6.07) is 7.80. The molecule has 0 atom stereocenters. The number of H-pyrrole nitrogens is 1. The summed E-state index contributed by atoms with van der Waals surface area (Å²) >= 11 is 0. The molecule has 0 aliphatic rings. The second-order valence-corrected chi connectivity index (χ2v) is 4.61. The monoisotopic (exact) mass is 282 g/mol. The van der Waals surface area contributed by atoms with Crippen molar-refractivity contribution >= 4 is 21.9 Å². The predicted octanol–water partition coefficient (Wildman–Crippen LogP) is 3.45. The lowest BCUT2D eigenvalue weighted by molar-refractivity contribution is 0.515. The Morgan fingerprint density at radius 1 is 0.905 bits per heavy atom. The molecule has 0 aliphatic heterocycles. The van der Waals surface area contributed by atoms with Crippen LogP contribution in [-0.4, -0.2) is 19.9 Å². The maximum absolute atomic E-state index is 13.7. The second-order valence-electron chi connectivity index (χ2n) is 4.61. The smallest absolute Gasteiger partial charge is 0.224 e. The van der Waals surface area contributed by atoms with Crippen molar-refractivity contribution in [3.05, 3.63) is 54.6 Å². The van der Waals surface area contributed by atoms with E-state index in [9.17, 15) is 8.78 Å². The topological polar surface area (TPSA) is 54.5 Å². The number of hydrogen-bond acceptors (Lipinski definition) is 3. The van der Waals surface area contributed by atoms with E-state index in [1.807, 2.05) is 12.1 Å². The van der Waals surface area contributed by atoms with Gasteiger partial charge in [0.15, 0.2) is 0 Å². The van der Waals surface area contributed by atoms with Crippen LogP contribution < -0.4 is 0 Å². The van der Waals surface area contributed by atoms with Crippen molar-refractivity contribution in [3.63, 3.8) is 0 Å². The van der Waals surface area contributed by atoms with Crippen LogP contribution >= 0.6 is 0 Å². The van der Waals surface area contributed by atoms with Gasteiger partial charge in [-0.05, 0) is 30.3 Å². The van der Waals surface area contributed by atoms with E-state index in [0.717, 1.165) is 22.4 Å². The molecule has 0 aliphatic carbocycles. The first-order valence-corrected chi connectivity index (χ1v) is 6.27. The first kappa shape index (κ1) is 11.9. The van der Waals surface area contributed by atoms with Crippen LogP contribution in [0.1, 0.15) is 0 Å². The van der Waals surface area contributed by atoms with Crippen LogP contribution in [0.15, 0.2) is 42.7 Å². The Labute approximate surface area is 117 Å². The third kappa shape index (κ3) is 1.84. The van der Waals surface area contributed by atoms with Crippen molar-refractivity contribution in [1.82, 2.24) is 19.9 Å². The Morgan fingerprint density at radius 3 is 2.67 bits per heavy atom. The molecule has 0 unspecified atom stereocenters. The highest BCUT2D eigenvalue weighted by atomic mass is 19.1. The highest BCUT2D eigenvalue weighted by Crippen LogP contribution is 2.27. The Morgan fingerprint density at radius 2 is 1.81 bits per heavy atom. The molecular formula is C15H8F2N4. The number of halogens is 2. The highest BCUT2D eigenvalue weighted by molar-refractivity contribution is 6.05. The van der Waals surface area contributed by atoms with Gasteiger partial charge in [0.05, 0.1) is 16.8 Å². The summed E-state index contributed by atoms with van der Waals surface area (Å²) in [6.45, 7) is 0. The van der Waals surface area contributed by atoms with Crippen molar-refractivity contribution in [3.8, 4) is 11.3 Å². The molecule has 102 valence electrons. The van der Waals surface area contributed by atoms with Crippen LogP contribution in [0.4, 0.5) is 8.78 Å². The number of pyridine rings is 3. The molecule has 0 saturated heterocycles. The van der Waals surface area contributed by atoms with E-state index in [1.54, 1.807) is 18.5 Å². The van der Waals surface area contributed by atoms with Crippen LogP contribution in [0.3, 0.4) is 0 Å². The third-order valence-corrected chi connectivity index (χ3v) is 3.35. The minimum absolute atomic E-state index is 0.162. The van der Waals surface area contributed by atoms with Crippen LogP contribution in [0.5, 0.6) is 0 Å². The third-order valence-electron chi connectivity index (χ3n) is 3.35. The molecule has 1 N–H and O–H groups in total. The molecule has 0 aromatic carbocycles. The summed E-state index contributed by atoms with van der Waals surface area (Å²) in [4.78, 5) is 14.8. The van der Waals surface area contributed by atoms with Crippen molar-refractivity contribution in [1.29, 1.82) is 0 Å². The molecule has 21 heavy (non-hydrogen) atoms. The SMILES string of the molecule is [19F]c1ccc(-c2ccc3c(n2)[nH]c2ccncc23)c([19F])n1. The Balaban J connectivity index is 1.96. The fourth-order valence-corrected chi connectivity index (χ4v) is 2.37. The predicted molar refractivity (Wildman–Crippen MR) is 74.5 cm³/mol. The summed E-state index contributed by atoms with van der Waals surface area (Å²) in [7, 11) is 0. The number of hydrogen-bond donors (Lipinski definition) is 1. The number of fused-ring (bicyclic) bond motifs is 3. The second kappa shape index (κ2) is 4.31. The van der Waals surface area contributed by atoms with Crippen molar-refractivity contribution in [2.24, 2.45) is 0 Å². The molecule has 0 amide bonds. The number of nitrogens with one attached hydrogen (secondary N) is 1. The average molecular weight is 282 g/mol. The van der Waals surface area contributed by atoms with Gasteiger partial charge in [0.1, 0.15) is 5.65 Å². The molecule has 0 radical (unpaired) electrons.